The van der Waals surface area contributed by atoms with Gasteiger partial charge in [0.1, 0.15) is 6.07 Å². The number of amides is 1. The fourth-order valence-electron chi connectivity index (χ4n) is 1.40. The Balaban J connectivity index is 1.96. The summed E-state index contributed by atoms with van der Waals surface area (Å²) in [4.78, 5) is 19.4. The largest absolute Gasteiger partial charge is 0.481 e. The van der Waals surface area contributed by atoms with Gasteiger partial charge in [0.15, 0.2) is 23.2 Å². The topological polar surface area (TPSA) is 87.9 Å². The van der Waals surface area contributed by atoms with Gasteiger partial charge in [0.05, 0.1) is 5.69 Å². The number of nitrogens with one attached hydrogen (secondary N) is 1. The molecule has 0 bridgehead atoms. The number of anilines is 1. The Hall–Kier alpha value is -2.65. The van der Waals surface area contributed by atoms with Crippen LogP contribution in [0, 0.1) is 11.3 Å². The number of hydrogen-bond donors (Lipinski definition) is 1. The van der Waals surface area contributed by atoms with Crippen molar-refractivity contribution in [1.29, 1.82) is 5.26 Å². The van der Waals surface area contributed by atoms with E-state index < -0.39 is 5.91 Å². The van der Waals surface area contributed by atoms with Gasteiger partial charge in [-0.15, -0.1) is 0 Å². The summed E-state index contributed by atoms with van der Waals surface area (Å²) >= 11 is 5.81. The summed E-state index contributed by atoms with van der Waals surface area (Å²) in [7, 11) is 0. The van der Waals surface area contributed by atoms with Gasteiger partial charge in [-0.3, -0.25) is 4.79 Å². The molecular weight excluding hydrogens is 280 g/mol. The first kappa shape index (κ1) is 13.8. The molecule has 0 fully saturated rings. The van der Waals surface area contributed by atoms with Crippen molar-refractivity contribution in [3.05, 3.63) is 47.5 Å². The van der Waals surface area contributed by atoms with Crippen molar-refractivity contribution in [3.8, 4) is 11.8 Å². The van der Waals surface area contributed by atoms with Crippen molar-refractivity contribution in [1.82, 2.24) is 9.97 Å². The second-order valence-corrected chi connectivity index (χ2v) is 4.00. The van der Waals surface area contributed by atoms with E-state index in [1.165, 1.54) is 12.4 Å². The molecule has 0 aliphatic heterocycles. The van der Waals surface area contributed by atoms with Crippen LogP contribution in [0.2, 0.25) is 5.15 Å². The molecule has 7 heteroatoms. The Morgan fingerprint density at radius 2 is 2.10 bits per heavy atom. The molecular formula is C13H9ClN4O2. The fraction of sp³-hybridized carbons (Fsp3) is 0.0769. The third kappa shape index (κ3) is 3.43. The molecule has 20 heavy (non-hydrogen) atoms. The van der Waals surface area contributed by atoms with Crippen molar-refractivity contribution in [3.63, 3.8) is 0 Å². The standard InChI is InChI=1S/C13H9ClN4O2/c14-13-9(3-1-6-17-13)18-12(19)8-20-11-4-2-5-16-10(11)7-15/h1-6H,8H2,(H,18,19). The Morgan fingerprint density at radius 1 is 1.35 bits per heavy atom. The number of carbonyl (C=O) groups excluding carboxylic acids is 1. The van der Waals surface area contributed by atoms with Crippen molar-refractivity contribution >= 4 is 23.2 Å². The third-order valence-electron chi connectivity index (χ3n) is 2.27. The Bertz CT molecular complexity index is 669. The summed E-state index contributed by atoms with van der Waals surface area (Å²) in [6.45, 7) is -0.258. The second kappa shape index (κ2) is 6.50. The highest BCUT2D eigenvalue weighted by Crippen LogP contribution is 2.18. The van der Waals surface area contributed by atoms with Gasteiger partial charge in [-0.25, -0.2) is 9.97 Å². The molecule has 0 atom stereocenters. The number of ether oxygens (including phenoxy) is 1. The molecule has 0 saturated heterocycles. The summed E-state index contributed by atoms with van der Waals surface area (Å²) < 4.78 is 5.24. The van der Waals surface area contributed by atoms with E-state index in [0.29, 0.717) is 5.69 Å². The van der Waals surface area contributed by atoms with Gasteiger partial charge in [-0.2, -0.15) is 5.26 Å². The predicted molar refractivity (Wildman–Crippen MR) is 72.3 cm³/mol. The van der Waals surface area contributed by atoms with E-state index in [0.717, 1.165) is 0 Å². The van der Waals surface area contributed by atoms with Gasteiger partial charge >= 0.3 is 0 Å². The van der Waals surface area contributed by atoms with Gasteiger partial charge in [-0.1, -0.05) is 11.6 Å². The van der Waals surface area contributed by atoms with Crippen LogP contribution in [0.4, 0.5) is 5.69 Å². The normalized spacial score (nSPS) is 9.60. The molecule has 2 aromatic rings. The van der Waals surface area contributed by atoms with E-state index in [1.54, 1.807) is 24.3 Å². The first-order valence-corrected chi connectivity index (χ1v) is 5.97. The maximum absolute atomic E-state index is 11.7. The first-order chi connectivity index (χ1) is 9.70. The van der Waals surface area contributed by atoms with Crippen LogP contribution in [0.3, 0.4) is 0 Å². The van der Waals surface area contributed by atoms with Crippen molar-refractivity contribution in [2.24, 2.45) is 0 Å². The molecule has 2 aromatic heterocycles. The molecule has 0 unspecified atom stereocenters. The smallest absolute Gasteiger partial charge is 0.262 e. The molecule has 100 valence electrons. The number of nitriles is 1. The quantitative estimate of drug-likeness (QED) is 0.870. The zero-order valence-electron chi connectivity index (χ0n) is 10.2. The molecule has 0 aliphatic rings. The number of rotatable bonds is 4. The van der Waals surface area contributed by atoms with Crippen LogP contribution >= 0.6 is 11.6 Å². The predicted octanol–water partition coefficient (Wildman–Crippen LogP) is 2.02. The van der Waals surface area contributed by atoms with Crippen LogP contribution in [-0.2, 0) is 4.79 Å². The average Bonchev–Trinajstić information content (AvgIpc) is 2.48. The Kier molecular flexibility index (Phi) is 4.47. The van der Waals surface area contributed by atoms with E-state index in [1.807, 2.05) is 6.07 Å². The zero-order chi connectivity index (χ0) is 14.4. The third-order valence-corrected chi connectivity index (χ3v) is 2.57. The summed E-state index contributed by atoms with van der Waals surface area (Å²) in [5.74, 6) is -0.157. The van der Waals surface area contributed by atoms with Gasteiger partial charge in [0, 0.05) is 12.4 Å². The van der Waals surface area contributed by atoms with Crippen LogP contribution < -0.4 is 10.1 Å². The number of hydrogen-bond acceptors (Lipinski definition) is 5. The van der Waals surface area contributed by atoms with Gasteiger partial charge in [0.2, 0.25) is 0 Å². The Morgan fingerprint density at radius 3 is 2.85 bits per heavy atom. The number of carbonyl (C=O) groups is 1. The number of pyridine rings is 2. The maximum atomic E-state index is 11.7. The average molecular weight is 289 g/mol. The molecule has 1 N–H and O–H groups in total. The summed E-state index contributed by atoms with van der Waals surface area (Å²) in [6.07, 6.45) is 2.99. The molecule has 0 saturated carbocycles. The number of nitrogens with zero attached hydrogens (tertiary/aromatic N) is 3. The van der Waals surface area contributed by atoms with Crippen LogP contribution in [0.15, 0.2) is 36.7 Å². The maximum Gasteiger partial charge on any atom is 0.262 e. The van der Waals surface area contributed by atoms with Gasteiger partial charge in [0.25, 0.3) is 5.91 Å². The molecule has 0 aromatic carbocycles. The fourth-order valence-corrected chi connectivity index (χ4v) is 1.57. The molecule has 6 nitrogen and oxygen atoms in total. The molecule has 2 rings (SSSR count). The minimum Gasteiger partial charge on any atom is -0.481 e. The lowest BCUT2D eigenvalue weighted by atomic mass is 10.3. The van der Waals surface area contributed by atoms with E-state index in [-0.39, 0.29) is 23.2 Å². The SMILES string of the molecule is N#Cc1ncccc1OCC(=O)Nc1cccnc1Cl. The second-order valence-electron chi connectivity index (χ2n) is 3.64. The summed E-state index contributed by atoms with van der Waals surface area (Å²) in [5.41, 5.74) is 0.522. The van der Waals surface area contributed by atoms with E-state index in [9.17, 15) is 4.79 Å². The zero-order valence-corrected chi connectivity index (χ0v) is 11.0. The van der Waals surface area contributed by atoms with Crippen molar-refractivity contribution in [2.45, 2.75) is 0 Å². The van der Waals surface area contributed by atoms with Crippen LogP contribution in [-0.4, -0.2) is 22.5 Å². The van der Waals surface area contributed by atoms with Gasteiger partial charge in [-0.05, 0) is 24.3 Å². The molecule has 0 aliphatic carbocycles. The molecule has 1 amide bonds. The van der Waals surface area contributed by atoms with Crippen LogP contribution in [0.5, 0.6) is 5.75 Å². The summed E-state index contributed by atoms with van der Waals surface area (Å²) in [5, 5.41) is 11.6. The molecule has 0 radical (unpaired) electrons. The number of aromatic nitrogens is 2. The lowest BCUT2D eigenvalue weighted by molar-refractivity contribution is -0.118. The highest BCUT2D eigenvalue weighted by Gasteiger charge is 2.09. The van der Waals surface area contributed by atoms with E-state index >= 15 is 0 Å². The van der Waals surface area contributed by atoms with Crippen molar-refractivity contribution < 1.29 is 9.53 Å². The lowest BCUT2D eigenvalue weighted by Gasteiger charge is -2.08. The van der Waals surface area contributed by atoms with E-state index in [4.69, 9.17) is 21.6 Å². The lowest BCUT2D eigenvalue weighted by Crippen LogP contribution is -2.20. The number of halogens is 1. The first-order valence-electron chi connectivity index (χ1n) is 5.59. The molecule has 2 heterocycles. The monoisotopic (exact) mass is 288 g/mol. The summed E-state index contributed by atoms with van der Waals surface area (Å²) in [6, 6.07) is 8.33. The van der Waals surface area contributed by atoms with Gasteiger partial charge < -0.3 is 10.1 Å². The minimum absolute atomic E-state index is 0.125. The highest BCUT2D eigenvalue weighted by molar-refractivity contribution is 6.32. The minimum atomic E-state index is -0.410. The van der Waals surface area contributed by atoms with E-state index in [2.05, 4.69) is 15.3 Å². The highest BCUT2D eigenvalue weighted by atomic mass is 35.5. The van der Waals surface area contributed by atoms with Crippen LogP contribution in [0.1, 0.15) is 5.69 Å². The van der Waals surface area contributed by atoms with Crippen molar-refractivity contribution in [2.75, 3.05) is 11.9 Å². The Labute approximate surface area is 120 Å². The van der Waals surface area contributed by atoms with Crippen LogP contribution in [0.25, 0.3) is 0 Å². The molecule has 0 spiro atoms.